The molecule has 3 aliphatic heterocycles. The number of sulfone groups is 1. The highest BCUT2D eigenvalue weighted by Gasteiger charge is 2.45. The van der Waals surface area contributed by atoms with Crippen LogP contribution >= 0.6 is 0 Å². The number of hydrogen-bond acceptors (Lipinski definition) is 9. The van der Waals surface area contributed by atoms with E-state index in [4.69, 9.17) is 14.5 Å². The van der Waals surface area contributed by atoms with Gasteiger partial charge in [0, 0.05) is 36.5 Å². The zero-order valence-electron chi connectivity index (χ0n) is 23.9. The largest absolute Gasteiger partial charge is 0.461 e. The Hall–Kier alpha value is -3.48. The molecule has 3 aliphatic rings. The van der Waals surface area contributed by atoms with E-state index in [0.29, 0.717) is 35.3 Å². The number of benzene rings is 2. The lowest BCUT2D eigenvalue weighted by Gasteiger charge is -2.31. The lowest BCUT2D eigenvalue weighted by Crippen LogP contribution is -2.43. The van der Waals surface area contributed by atoms with Gasteiger partial charge in [-0.3, -0.25) is 9.88 Å². The molecule has 1 unspecified atom stereocenters. The van der Waals surface area contributed by atoms with Gasteiger partial charge >= 0.3 is 6.01 Å². The van der Waals surface area contributed by atoms with Gasteiger partial charge in [-0.1, -0.05) is 30.3 Å². The fraction of sp³-hybridized carbons (Fsp3) is 0.452. The molecule has 0 amide bonds. The number of hydrogen-bond donors (Lipinski definition) is 0. The van der Waals surface area contributed by atoms with Gasteiger partial charge in [0.1, 0.15) is 34.7 Å². The van der Waals surface area contributed by atoms with Crippen LogP contribution < -0.4 is 9.64 Å². The summed E-state index contributed by atoms with van der Waals surface area (Å²) >= 11 is 0. The minimum absolute atomic E-state index is 0.0110. The first-order valence-corrected chi connectivity index (χ1v) is 16.6. The van der Waals surface area contributed by atoms with Gasteiger partial charge in [-0.25, -0.2) is 17.2 Å². The second-order valence-electron chi connectivity index (χ2n) is 11.8. The number of ether oxygens (including phenoxy) is 2. The lowest BCUT2D eigenvalue weighted by atomic mass is 9.95. The summed E-state index contributed by atoms with van der Waals surface area (Å²) in [5.41, 5.74) is 0.165. The van der Waals surface area contributed by atoms with Crippen LogP contribution in [0.2, 0.25) is 0 Å². The molecule has 43 heavy (non-hydrogen) atoms. The van der Waals surface area contributed by atoms with Crippen LogP contribution in [-0.4, -0.2) is 91.3 Å². The number of aromatic nitrogens is 3. The molecule has 3 saturated heterocycles. The predicted molar refractivity (Wildman–Crippen MR) is 160 cm³/mol. The van der Waals surface area contributed by atoms with Crippen LogP contribution in [0.1, 0.15) is 25.7 Å². The molecule has 5 heterocycles. The van der Waals surface area contributed by atoms with E-state index in [9.17, 15) is 8.42 Å². The Morgan fingerprint density at radius 3 is 2.60 bits per heavy atom. The topological polar surface area (TPSA) is 97.8 Å². The summed E-state index contributed by atoms with van der Waals surface area (Å²) in [6.45, 7) is 3.21. The van der Waals surface area contributed by atoms with Gasteiger partial charge in [-0.2, -0.15) is 9.97 Å². The van der Waals surface area contributed by atoms with E-state index in [2.05, 4.69) is 14.9 Å². The fourth-order valence-corrected chi connectivity index (χ4v) is 7.69. The van der Waals surface area contributed by atoms with E-state index >= 15 is 8.78 Å². The second-order valence-corrected chi connectivity index (χ2v) is 14.2. The summed E-state index contributed by atoms with van der Waals surface area (Å²) in [6.07, 6.45) is 6.88. The van der Waals surface area contributed by atoms with Gasteiger partial charge in [0.15, 0.2) is 15.7 Å². The second kappa shape index (κ2) is 10.9. The van der Waals surface area contributed by atoms with Crippen molar-refractivity contribution in [3.05, 3.63) is 54.2 Å². The molecule has 12 heteroatoms. The van der Waals surface area contributed by atoms with E-state index < -0.39 is 26.7 Å². The van der Waals surface area contributed by atoms with Crippen molar-refractivity contribution in [2.24, 2.45) is 0 Å². The summed E-state index contributed by atoms with van der Waals surface area (Å²) in [4.78, 5) is 18.0. The summed E-state index contributed by atoms with van der Waals surface area (Å²) in [7, 11) is -3.43. The number of fused-ring (bicyclic) bond motifs is 3. The molecule has 3 fully saturated rings. The van der Waals surface area contributed by atoms with Gasteiger partial charge < -0.3 is 14.4 Å². The van der Waals surface area contributed by atoms with E-state index in [1.54, 1.807) is 35.2 Å². The number of halogens is 2. The van der Waals surface area contributed by atoms with Crippen LogP contribution in [0, 0.1) is 11.6 Å². The minimum Gasteiger partial charge on any atom is -0.461 e. The summed E-state index contributed by atoms with van der Waals surface area (Å²) in [5.74, 6) is -0.877. The molecule has 4 aromatic rings. The Kier molecular flexibility index (Phi) is 7.18. The zero-order valence-corrected chi connectivity index (χ0v) is 24.7. The van der Waals surface area contributed by atoms with Crippen molar-refractivity contribution in [1.82, 2.24) is 19.9 Å². The van der Waals surface area contributed by atoms with Gasteiger partial charge in [0.05, 0.1) is 24.1 Å². The van der Waals surface area contributed by atoms with Gasteiger partial charge in [0.2, 0.25) is 0 Å². The maximum Gasteiger partial charge on any atom is 0.319 e. The molecule has 7 rings (SSSR count). The standard InChI is InChI=1S/C31H33F2N5O4S/c1-43(39,40)21-17-37(14-15-41-18-21)29-23-16-34-27(22-8-2-6-20-7-3-9-24(32)25(20)22)26(33)28(23)35-30(36-29)42-19-31-10-4-12-38(31)13-5-11-31/h2-3,6-9,16,21H,4-5,10-15,17-19H2,1H3. The third-order valence-electron chi connectivity index (χ3n) is 9.17. The molecule has 226 valence electrons. The molecule has 2 aromatic heterocycles. The highest BCUT2D eigenvalue weighted by atomic mass is 32.2. The molecule has 0 N–H and O–H groups in total. The predicted octanol–water partition coefficient (Wildman–Crippen LogP) is 4.38. The van der Waals surface area contributed by atoms with Crippen LogP contribution in [-0.2, 0) is 14.6 Å². The number of nitrogens with zero attached hydrogens (tertiary/aromatic N) is 5. The monoisotopic (exact) mass is 609 g/mol. The summed E-state index contributed by atoms with van der Waals surface area (Å²) in [6, 6.07) is 9.86. The molecule has 0 radical (unpaired) electrons. The van der Waals surface area contributed by atoms with Crippen molar-refractivity contribution in [2.45, 2.75) is 36.5 Å². The normalized spacial score (nSPS) is 20.9. The van der Waals surface area contributed by atoms with E-state index in [-0.39, 0.29) is 47.9 Å². The summed E-state index contributed by atoms with van der Waals surface area (Å²) < 4.78 is 68.5. The van der Waals surface area contributed by atoms with Crippen LogP contribution in [0.4, 0.5) is 14.6 Å². The molecule has 0 spiro atoms. The van der Waals surface area contributed by atoms with E-state index in [0.717, 1.165) is 38.8 Å². The molecule has 2 aromatic carbocycles. The average molecular weight is 610 g/mol. The molecule has 0 bridgehead atoms. The molecular formula is C31H33F2N5O4S. The maximum absolute atomic E-state index is 16.6. The minimum atomic E-state index is -3.43. The fourth-order valence-electron chi connectivity index (χ4n) is 6.90. The third-order valence-corrected chi connectivity index (χ3v) is 10.7. The summed E-state index contributed by atoms with van der Waals surface area (Å²) in [5, 5.41) is 0.415. The quantitative estimate of drug-likeness (QED) is 0.316. The van der Waals surface area contributed by atoms with Crippen molar-refractivity contribution in [3.8, 4) is 17.3 Å². The SMILES string of the molecule is CS(=O)(=O)C1COCCN(c2nc(OCC34CCCN3CCC4)nc3c(F)c(-c4cccc5cccc(F)c45)ncc23)C1. The number of pyridine rings is 1. The maximum atomic E-state index is 16.6. The highest BCUT2D eigenvalue weighted by molar-refractivity contribution is 7.91. The van der Waals surface area contributed by atoms with E-state index in [1.165, 1.54) is 18.5 Å². The molecule has 9 nitrogen and oxygen atoms in total. The van der Waals surface area contributed by atoms with Crippen molar-refractivity contribution in [3.63, 3.8) is 0 Å². The highest BCUT2D eigenvalue weighted by Crippen LogP contribution is 2.40. The first kappa shape index (κ1) is 28.3. The Morgan fingerprint density at radius 1 is 1.07 bits per heavy atom. The van der Waals surface area contributed by atoms with Crippen molar-refractivity contribution >= 4 is 37.3 Å². The van der Waals surface area contributed by atoms with Crippen LogP contribution in [0.15, 0.2) is 42.6 Å². The van der Waals surface area contributed by atoms with Gasteiger partial charge in [0.25, 0.3) is 0 Å². The Morgan fingerprint density at radius 2 is 1.84 bits per heavy atom. The zero-order chi connectivity index (χ0) is 29.8. The van der Waals surface area contributed by atoms with Crippen LogP contribution in [0.5, 0.6) is 6.01 Å². The van der Waals surface area contributed by atoms with E-state index in [1.807, 2.05) is 0 Å². The molecular weight excluding hydrogens is 576 g/mol. The van der Waals surface area contributed by atoms with Crippen molar-refractivity contribution < 1.29 is 26.7 Å². The van der Waals surface area contributed by atoms with Crippen LogP contribution in [0.25, 0.3) is 32.9 Å². The molecule has 1 atom stereocenters. The average Bonchev–Trinajstić information content (AvgIpc) is 3.46. The number of anilines is 1. The lowest BCUT2D eigenvalue weighted by molar-refractivity contribution is 0.108. The Bertz CT molecular complexity index is 1810. The third kappa shape index (κ3) is 5.08. The van der Waals surface area contributed by atoms with Gasteiger partial charge in [-0.05, 0) is 50.2 Å². The first-order chi connectivity index (χ1) is 20.7. The van der Waals surface area contributed by atoms with Crippen molar-refractivity contribution in [2.75, 3.05) is 57.2 Å². The first-order valence-electron chi connectivity index (χ1n) is 14.7. The van der Waals surface area contributed by atoms with Crippen molar-refractivity contribution in [1.29, 1.82) is 0 Å². The van der Waals surface area contributed by atoms with Crippen LogP contribution in [0.3, 0.4) is 0 Å². The number of rotatable bonds is 6. The molecule has 0 aliphatic carbocycles. The molecule has 0 saturated carbocycles. The Labute approximate surface area is 248 Å². The smallest absolute Gasteiger partial charge is 0.319 e. The van der Waals surface area contributed by atoms with Gasteiger partial charge in [-0.15, -0.1) is 0 Å². The Balaban J connectivity index is 1.36.